The molecular formula is C22H20N2OS. The minimum absolute atomic E-state index is 0.208. The van der Waals surface area contributed by atoms with Gasteiger partial charge in [-0.25, -0.2) is 9.97 Å². The van der Waals surface area contributed by atoms with Crippen LogP contribution in [-0.2, 0) is 6.42 Å². The molecule has 4 heteroatoms. The molecule has 0 aliphatic carbocycles. The van der Waals surface area contributed by atoms with Gasteiger partial charge in [-0.2, -0.15) is 0 Å². The predicted octanol–water partition coefficient (Wildman–Crippen LogP) is 6.12. The summed E-state index contributed by atoms with van der Waals surface area (Å²) < 4.78 is 6.00. The van der Waals surface area contributed by atoms with Crippen LogP contribution >= 0.6 is 11.3 Å². The van der Waals surface area contributed by atoms with Crippen molar-refractivity contribution in [2.24, 2.45) is 0 Å². The minimum Gasteiger partial charge on any atom is -0.440 e. The van der Waals surface area contributed by atoms with Crippen molar-refractivity contribution in [1.29, 1.82) is 0 Å². The van der Waals surface area contributed by atoms with Gasteiger partial charge in [0.25, 0.3) is 0 Å². The highest BCUT2D eigenvalue weighted by Crippen LogP contribution is 2.28. The maximum Gasteiger partial charge on any atom is 0.198 e. The maximum atomic E-state index is 6.00. The Bertz CT molecular complexity index is 1000. The van der Waals surface area contributed by atoms with Gasteiger partial charge in [0.15, 0.2) is 11.7 Å². The highest BCUT2D eigenvalue weighted by atomic mass is 32.1. The number of thiazole rings is 1. The first-order chi connectivity index (χ1) is 12.7. The minimum atomic E-state index is 0.208. The van der Waals surface area contributed by atoms with E-state index in [1.807, 2.05) is 43.5 Å². The third-order valence-corrected chi connectivity index (χ3v) is 5.16. The number of aromatic nitrogens is 2. The van der Waals surface area contributed by atoms with Gasteiger partial charge in [-0.05, 0) is 25.0 Å². The highest BCUT2D eigenvalue weighted by molar-refractivity contribution is 7.09. The molecule has 4 aromatic rings. The van der Waals surface area contributed by atoms with Crippen molar-refractivity contribution in [2.75, 3.05) is 0 Å². The van der Waals surface area contributed by atoms with Crippen molar-refractivity contribution in [2.45, 2.75) is 26.2 Å². The summed E-state index contributed by atoms with van der Waals surface area (Å²) in [6, 6.07) is 18.7. The zero-order valence-electron chi connectivity index (χ0n) is 14.8. The molecule has 1 atom stereocenters. The van der Waals surface area contributed by atoms with Crippen LogP contribution in [0, 0.1) is 6.92 Å². The lowest BCUT2D eigenvalue weighted by molar-refractivity contribution is 0.466. The second-order valence-electron chi connectivity index (χ2n) is 6.49. The zero-order chi connectivity index (χ0) is 17.9. The van der Waals surface area contributed by atoms with Crippen LogP contribution in [0.1, 0.15) is 29.3 Å². The lowest BCUT2D eigenvalue weighted by Crippen LogP contribution is -1.99. The summed E-state index contributed by atoms with van der Waals surface area (Å²) in [5, 5.41) is 3.20. The molecule has 0 bridgehead atoms. The average Bonchev–Trinajstić information content (AvgIpc) is 3.32. The number of aryl methyl sites for hydroxylation is 1. The Kier molecular flexibility index (Phi) is 4.67. The molecule has 26 heavy (non-hydrogen) atoms. The van der Waals surface area contributed by atoms with Crippen molar-refractivity contribution in [1.82, 2.24) is 9.97 Å². The fourth-order valence-electron chi connectivity index (χ4n) is 3.05. The smallest absolute Gasteiger partial charge is 0.198 e. The van der Waals surface area contributed by atoms with E-state index in [2.05, 4.69) is 46.5 Å². The van der Waals surface area contributed by atoms with Gasteiger partial charge in [0.2, 0.25) is 0 Å². The first kappa shape index (κ1) is 16.7. The standard InChI is InChI=1S/C22H20N2OS/c1-15(22-23-13-21(25-22)18-8-4-3-5-9-18)11-17-7-6-10-19(12-17)20-14-26-16(2)24-20/h3-10,12-15H,11H2,1-2H3. The van der Waals surface area contributed by atoms with E-state index in [4.69, 9.17) is 4.42 Å². The summed E-state index contributed by atoms with van der Waals surface area (Å²) >= 11 is 1.68. The Balaban J connectivity index is 1.52. The zero-order valence-corrected chi connectivity index (χ0v) is 15.7. The van der Waals surface area contributed by atoms with E-state index >= 15 is 0 Å². The van der Waals surface area contributed by atoms with Crippen molar-refractivity contribution < 1.29 is 4.42 Å². The molecule has 0 spiro atoms. The van der Waals surface area contributed by atoms with Crippen LogP contribution in [0.25, 0.3) is 22.6 Å². The molecule has 0 radical (unpaired) electrons. The molecule has 0 fully saturated rings. The Morgan fingerprint density at radius 3 is 2.62 bits per heavy atom. The lowest BCUT2D eigenvalue weighted by atomic mass is 9.99. The fraction of sp³-hybridized carbons (Fsp3) is 0.182. The molecule has 0 amide bonds. The first-order valence-corrected chi connectivity index (χ1v) is 9.59. The largest absolute Gasteiger partial charge is 0.440 e. The molecule has 3 nitrogen and oxygen atoms in total. The SMILES string of the molecule is Cc1nc(-c2cccc(CC(C)c3ncc(-c4ccccc4)o3)c2)cs1. The molecule has 2 heterocycles. The molecule has 2 aromatic heterocycles. The molecule has 0 aliphatic heterocycles. The van der Waals surface area contributed by atoms with Crippen LogP contribution in [0.2, 0.25) is 0 Å². The van der Waals surface area contributed by atoms with Gasteiger partial charge in [-0.3, -0.25) is 0 Å². The normalized spacial score (nSPS) is 12.2. The molecule has 1 unspecified atom stereocenters. The van der Waals surface area contributed by atoms with Gasteiger partial charge in [-0.15, -0.1) is 11.3 Å². The van der Waals surface area contributed by atoms with Crippen LogP contribution in [0.5, 0.6) is 0 Å². The Morgan fingerprint density at radius 1 is 1.04 bits per heavy atom. The van der Waals surface area contributed by atoms with Gasteiger partial charge < -0.3 is 4.42 Å². The van der Waals surface area contributed by atoms with Crippen molar-refractivity contribution in [3.8, 4) is 22.6 Å². The number of oxazole rings is 1. The van der Waals surface area contributed by atoms with E-state index in [9.17, 15) is 0 Å². The molecule has 0 saturated heterocycles. The Hall–Kier alpha value is -2.72. The van der Waals surface area contributed by atoms with Crippen molar-refractivity contribution in [3.05, 3.63) is 82.6 Å². The van der Waals surface area contributed by atoms with Crippen LogP contribution in [-0.4, -0.2) is 9.97 Å². The van der Waals surface area contributed by atoms with Crippen LogP contribution < -0.4 is 0 Å². The van der Waals surface area contributed by atoms with Crippen LogP contribution in [0.3, 0.4) is 0 Å². The third-order valence-electron chi connectivity index (χ3n) is 4.39. The van der Waals surface area contributed by atoms with E-state index in [1.165, 1.54) is 5.56 Å². The number of hydrogen-bond donors (Lipinski definition) is 0. The summed E-state index contributed by atoms with van der Waals surface area (Å²) in [5.74, 6) is 1.80. The maximum absolute atomic E-state index is 6.00. The van der Waals surface area contributed by atoms with Crippen LogP contribution in [0.4, 0.5) is 0 Å². The quantitative estimate of drug-likeness (QED) is 0.430. The molecule has 4 rings (SSSR count). The lowest BCUT2D eigenvalue weighted by Gasteiger charge is -2.09. The second-order valence-corrected chi connectivity index (χ2v) is 7.55. The monoisotopic (exact) mass is 360 g/mol. The molecule has 0 N–H and O–H groups in total. The fourth-order valence-corrected chi connectivity index (χ4v) is 3.67. The average molecular weight is 360 g/mol. The summed E-state index contributed by atoms with van der Waals surface area (Å²) in [5.41, 5.74) is 4.53. The number of rotatable bonds is 5. The number of nitrogens with zero attached hydrogens (tertiary/aromatic N) is 2. The van der Waals surface area contributed by atoms with Gasteiger partial charge >= 0.3 is 0 Å². The van der Waals surface area contributed by atoms with Gasteiger partial charge in [-0.1, -0.05) is 55.5 Å². The summed E-state index contributed by atoms with van der Waals surface area (Å²) in [6.45, 7) is 4.19. The summed E-state index contributed by atoms with van der Waals surface area (Å²) in [7, 11) is 0. The Morgan fingerprint density at radius 2 is 1.85 bits per heavy atom. The van der Waals surface area contributed by atoms with Gasteiger partial charge in [0.05, 0.1) is 16.9 Å². The highest BCUT2D eigenvalue weighted by Gasteiger charge is 2.15. The Labute approximate surface area is 157 Å². The third kappa shape index (κ3) is 3.60. The number of benzene rings is 2. The second kappa shape index (κ2) is 7.26. The summed E-state index contributed by atoms with van der Waals surface area (Å²) in [6.07, 6.45) is 2.70. The summed E-state index contributed by atoms with van der Waals surface area (Å²) in [4.78, 5) is 9.08. The molecule has 0 saturated carbocycles. The van der Waals surface area contributed by atoms with E-state index in [1.54, 1.807) is 11.3 Å². The van der Waals surface area contributed by atoms with Crippen molar-refractivity contribution >= 4 is 11.3 Å². The predicted molar refractivity (Wildman–Crippen MR) is 106 cm³/mol. The van der Waals surface area contributed by atoms with E-state index in [0.29, 0.717) is 0 Å². The molecule has 2 aromatic carbocycles. The topological polar surface area (TPSA) is 38.9 Å². The molecule has 0 aliphatic rings. The van der Waals surface area contributed by atoms with E-state index < -0.39 is 0 Å². The molecular weight excluding hydrogens is 340 g/mol. The van der Waals surface area contributed by atoms with E-state index in [-0.39, 0.29) is 5.92 Å². The van der Waals surface area contributed by atoms with Gasteiger partial charge in [0, 0.05) is 22.4 Å². The van der Waals surface area contributed by atoms with Gasteiger partial charge in [0.1, 0.15) is 0 Å². The van der Waals surface area contributed by atoms with Crippen LogP contribution in [0.15, 0.2) is 70.6 Å². The molecule has 130 valence electrons. The van der Waals surface area contributed by atoms with Crippen molar-refractivity contribution in [3.63, 3.8) is 0 Å². The first-order valence-electron chi connectivity index (χ1n) is 8.71. The number of hydrogen-bond acceptors (Lipinski definition) is 4. The van der Waals surface area contributed by atoms with E-state index in [0.717, 1.165) is 39.9 Å².